The van der Waals surface area contributed by atoms with Gasteiger partial charge in [-0.25, -0.2) is 4.79 Å². The third-order valence-corrected chi connectivity index (χ3v) is 4.51. The SMILES string of the molecule is N#CCCN1C(=O)NC2(CCCN(Cc3ccccc3)C2)C1=O. The number of imide groups is 1. The summed E-state index contributed by atoms with van der Waals surface area (Å²) in [7, 11) is 0. The minimum Gasteiger partial charge on any atom is -0.322 e. The van der Waals surface area contributed by atoms with Crippen LogP contribution in [-0.2, 0) is 11.3 Å². The highest BCUT2D eigenvalue weighted by atomic mass is 16.2. The van der Waals surface area contributed by atoms with Crippen molar-refractivity contribution in [3.8, 4) is 6.07 Å². The summed E-state index contributed by atoms with van der Waals surface area (Å²) in [4.78, 5) is 28.2. The number of carbonyl (C=O) groups excluding carboxylic acids is 2. The van der Waals surface area contributed by atoms with E-state index in [2.05, 4.69) is 22.3 Å². The molecule has 1 atom stereocenters. The molecule has 2 aliphatic heterocycles. The normalized spacial score (nSPS) is 24.7. The van der Waals surface area contributed by atoms with Gasteiger partial charge >= 0.3 is 6.03 Å². The number of rotatable bonds is 4. The Kier molecular flexibility index (Phi) is 4.30. The quantitative estimate of drug-likeness (QED) is 0.855. The number of likely N-dealkylation sites (tertiary alicyclic amines) is 1. The van der Waals surface area contributed by atoms with Crippen molar-refractivity contribution in [2.45, 2.75) is 31.3 Å². The van der Waals surface area contributed by atoms with Crippen molar-refractivity contribution in [2.75, 3.05) is 19.6 Å². The number of carbonyl (C=O) groups is 2. The van der Waals surface area contributed by atoms with Crippen LogP contribution in [0.4, 0.5) is 4.79 Å². The Morgan fingerprint density at radius 3 is 2.78 bits per heavy atom. The van der Waals surface area contributed by atoms with Crippen LogP contribution in [0.15, 0.2) is 30.3 Å². The van der Waals surface area contributed by atoms with E-state index in [0.29, 0.717) is 13.0 Å². The number of piperidine rings is 1. The average molecular weight is 312 g/mol. The average Bonchev–Trinajstić information content (AvgIpc) is 2.77. The van der Waals surface area contributed by atoms with E-state index < -0.39 is 5.54 Å². The molecule has 0 saturated carbocycles. The second kappa shape index (κ2) is 6.39. The standard InChI is InChI=1S/C17H20N4O2/c18-9-5-11-21-15(22)17(19-16(21)23)8-4-10-20(13-17)12-14-6-2-1-3-7-14/h1-3,6-7H,4-5,8,10-13H2,(H,19,23). The summed E-state index contributed by atoms with van der Waals surface area (Å²) in [6.45, 7) is 2.37. The summed E-state index contributed by atoms with van der Waals surface area (Å²) in [6, 6.07) is 11.7. The molecule has 3 rings (SSSR count). The molecule has 2 heterocycles. The van der Waals surface area contributed by atoms with Gasteiger partial charge in [0.25, 0.3) is 5.91 Å². The summed E-state index contributed by atoms with van der Waals surface area (Å²) in [5, 5.41) is 11.6. The van der Waals surface area contributed by atoms with Crippen LogP contribution in [0.1, 0.15) is 24.8 Å². The first kappa shape index (κ1) is 15.5. The Balaban J connectivity index is 1.71. The maximum absolute atomic E-state index is 12.7. The van der Waals surface area contributed by atoms with Crippen LogP contribution >= 0.6 is 0 Å². The maximum Gasteiger partial charge on any atom is 0.325 e. The van der Waals surface area contributed by atoms with Gasteiger partial charge in [-0.3, -0.25) is 14.6 Å². The predicted molar refractivity (Wildman–Crippen MR) is 84.2 cm³/mol. The van der Waals surface area contributed by atoms with Crippen LogP contribution < -0.4 is 5.32 Å². The molecule has 1 N–H and O–H groups in total. The lowest BCUT2D eigenvalue weighted by Crippen LogP contribution is -2.58. The van der Waals surface area contributed by atoms with Gasteiger partial charge in [0.05, 0.1) is 12.5 Å². The van der Waals surface area contributed by atoms with Gasteiger partial charge in [-0.2, -0.15) is 5.26 Å². The second-order valence-corrected chi connectivity index (χ2v) is 6.18. The molecule has 6 heteroatoms. The van der Waals surface area contributed by atoms with Gasteiger partial charge in [0.2, 0.25) is 0 Å². The molecule has 0 bridgehead atoms. The lowest BCUT2D eigenvalue weighted by molar-refractivity contribution is -0.133. The van der Waals surface area contributed by atoms with E-state index in [1.165, 1.54) is 10.5 Å². The smallest absolute Gasteiger partial charge is 0.322 e. The van der Waals surface area contributed by atoms with E-state index in [1.807, 2.05) is 24.3 Å². The molecule has 0 aliphatic carbocycles. The molecule has 6 nitrogen and oxygen atoms in total. The molecule has 2 aliphatic rings. The largest absolute Gasteiger partial charge is 0.325 e. The zero-order valence-corrected chi connectivity index (χ0v) is 13.0. The van der Waals surface area contributed by atoms with Crippen molar-refractivity contribution >= 4 is 11.9 Å². The number of nitriles is 1. The predicted octanol–water partition coefficient (Wildman–Crippen LogP) is 1.49. The van der Waals surface area contributed by atoms with Crippen molar-refractivity contribution in [1.82, 2.24) is 15.1 Å². The molecule has 0 radical (unpaired) electrons. The van der Waals surface area contributed by atoms with E-state index in [9.17, 15) is 9.59 Å². The number of amides is 3. The first-order valence-corrected chi connectivity index (χ1v) is 7.92. The second-order valence-electron chi connectivity index (χ2n) is 6.18. The zero-order chi connectivity index (χ0) is 16.3. The summed E-state index contributed by atoms with van der Waals surface area (Å²) in [6.07, 6.45) is 1.69. The zero-order valence-electron chi connectivity index (χ0n) is 13.0. The topological polar surface area (TPSA) is 76.4 Å². The Morgan fingerprint density at radius 1 is 1.26 bits per heavy atom. The summed E-state index contributed by atoms with van der Waals surface area (Å²) in [5.74, 6) is -0.185. The van der Waals surface area contributed by atoms with Crippen LogP contribution in [0, 0.1) is 11.3 Å². The number of hydrogen-bond donors (Lipinski definition) is 1. The monoisotopic (exact) mass is 312 g/mol. The van der Waals surface area contributed by atoms with Crippen LogP contribution in [0.2, 0.25) is 0 Å². The minimum absolute atomic E-state index is 0.168. The van der Waals surface area contributed by atoms with Gasteiger partial charge in [0.1, 0.15) is 5.54 Å². The fourth-order valence-electron chi connectivity index (χ4n) is 3.44. The van der Waals surface area contributed by atoms with Crippen LogP contribution in [0.3, 0.4) is 0 Å². The summed E-state index contributed by atoms with van der Waals surface area (Å²) >= 11 is 0. The Labute approximate surface area is 135 Å². The Bertz CT molecular complexity index is 640. The molecule has 0 aromatic heterocycles. The summed E-state index contributed by atoms with van der Waals surface area (Å²) in [5.41, 5.74) is 0.377. The number of nitrogens with zero attached hydrogens (tertiary/aromatic N) is 3. The highest BCUT2D eigenvalue weighted by Gasteiger charge is 2.52. The van der Waals surface area contributed by atoms with Crippen molar-refractivity contribution in [1.29, 1.82) is 5.26 Å². The highest BCUT2D eigenvalue weighted by Crippen LogP contribution is 2.29. The molecule has 2 saturated heterocycles. The van der Waals surface area contributed by atoms with E-state index in [1.54, 1.807) is 0 Å². The van der Waals surface area contributed by atoms with Gasteiger partial charge in [0, 0.05) is 19.6 Å². The molecule has 1 unspecified atom stereocenters. The van der Waals surface area contributed by atoms with Gasteiger partial charge in [-0.1, -0.05) is 30.3 Å². The number of urea groups is 1. The Morgan fingerprint density at radius 2 is 2.04 bits per heavy atom. The van der Waals surface area contributed by atoms with Crippen LogP contribution in [0.25, 0.3) is 0 Å². The molecule has 120 valence electrons. The van der Waals surface area contributed by atoms with Crippen molar-refractivity contribution in [3.05, 3.63) is 35.9 Å². The molecular weight excluding hydrogens is 292 g/mol. The molecule has 2 fully saturated rings. The fourth-order valence-corrected chi connectivity index (χ4v) is 3.44. The molecule has 1 aromatic rings. The third-order valence-electron chi connectivity index (χ3n) is 4.51. The van der Waals surface area contributed by atoms with Gasteiger partial charge in [-0.15, -0.1) is 0 Å². The number of benzene rings is 1. The first-order chi connectivity index (χ1) is 11.1. The third kappa shape index (κ3) is 3.06. The number of hydrogen-bond acceptors (Lipinski definition) is 4. The van der Waals surface area contributed by atoms with E-state index in [0.717, 1.165) is 19.5 Å². The van der Waals surface area contributed by atoms with Crippen molar-refractivity contribution in [3.63, 3.8) is 0 Å². The lowest BCUT2D eigenvalue weighted by atomic mass is 9.88. The van der Waals surface area contributed by atoms with E-state index >= 15 is 0 Å². The molecule has 1 aromatic carbocycles. The van der Waals surface area contributed by atoms with Gasteiger partial charge < -0.3 is 5.32 Å². The lowest BCUT2D eigenvalue weighted by Gasteiger charge is -2.38. The molecular formula is C17H20N4O2. The minimum atomic E-state index is -0.820. The highest BCUT2D eigenvalue weighted by molar-refractivity contribution is 6.07. The van der Waals surface area contributed by atoms with E-state index in [4.69, 9.17) is 5.26 Å². The maximum atomic E-state index is 12.7. The Hall–Kier alpha value is -2.39. The van der Waals surface area contributed by atoms with E-state index in [-0.39, 0.29) is 24.9 Å². The molecule has 23 heavy (non-hydrogen) atoms. The first-order valence-electron chi connectivity index (χ1n) is 7.92. The number of nitrogens with one attached hydrogen (secondary N) is 1. The molecule has 3 amide bonds. The molecule has 1 spiro atoms. The fraction of sp³-hybridized carbons (Fsp3) is 0.471. The van der Waals surface area contributed by atoms with Crippen LogP contribution in [0.5, 0.6) is 0 Å². The van der Waals surface area contributed by atoms with Crippen LogP contribution in [-0.4, -0.2) is 46.9 Å². The summed E-state index contributed by atoms with van der Waals surface area (Å²) < 4.78 is 0. The van der Waals surface area contributed by atoms with Crippen molar-refractivity contribution < 1.29 is 9.59 Å². The van der Waals surface area contributed by atoms with Crippen molar-refractivity contribution in [2.24, 2.45) is 0 Å². The van der Waals surface area contributed by atoms with Gasteiger partial charge in [0.15, 0.2) is 0 Å². The van der Waals surface area contributed by atoms with Gasteiger partial charge in [-0.05, 0) is 24.9 Å².